The molecule has 0 unspecified atom stereocenters. The van der Waals surface area contributed by atoms with Gasteiger partial charge in [-0.3, -0.25) is 4.79 Å². The fraction of sp³-hybridized carbons (Fsp3) is 0.278. The number of aryl methyl sites for hydroxylation is 2. The maximum absolute atomic E-state index is 12.6. The van der Waals surface area contributed by atoms with E-state index in [4.69, 9.17) is 9.15 Å². The van der Waals surface area contributed by atoms with Crippen molar-refractivity contribution in [3.63, 3.8) is 0 Å². The Morgan fingerprint density at radius 3 is 2.29 bits per heavy atom. The molecule has 0 saturated heterocycles. The molecule has 0 aliphatic heterocycles. The SMILES string of the molecule is Cc1cc(=O)oc(C)c1C(=O)O[C@H](C(=O)N(C)C)c1ccccc1. The standard InChI is InChI=1S/C18H19NO5/c1-11-10-14(20)23-12(2)15(11)18(22)24-16(17(21)19(3)4)13-8-6-5-7-9-13/h5-10,16H,1-4H3/t16-/m0/s1. The van der Waals surface area contributed by atoms with Crippen LogP contribution in [-0.4, -0.2) is 30.9 Å². The minimum atomic E-state index is -1.07. The van der Waals surface area contributed by atoms with E-state index >= 15 is 0 Å². The van der Waals surface area contributed by atoms with E-state index in [-0.39, 0.29) is 17.2 Å². The highest BCUT2D eigenvalue weighted by atomic mass is 16.5. The smallest absolute Gasteiger partial charge is 0.342 e. The van der Waals surface area contributed by atoms with Crippen molar-refractivity contribution in [2.45, 2.75) is 20.0 Å². The number of esters is 1. The summed E-state index contributed by atoms with van der Waals surface area (Å²) in [7, 11) is 3.17. The Hall–Kier alpha value is -2.89. The molecule has 1 aromatic carbocycles. The number of hydrogen-bond acceptors (Lipinski definition) is 5. The third-order valence-corrected chi connectivity index (χ3v) is 3.53. The summed E-state index contributed by atoms with van der Waals surface area (Å²) in [6, 6.07) is 9.97. The lowest BCUT2D eigenvalue weighted by atomic mass is 10.1. The van der Waals surface area contributed by atoms with Crippen LogP contribution in [-0.2, 0) is 9.53 Å². The molecule has 1 amide bonds. The first-order valence-electron chi connectivity index (χ1n) is 7.39. The zero-order valence-corrected chi connectivity index (χ0v) is 14.0. The molecule has 0 bridgehead atoms. The molecule has 0 fully saturated rings. The summed E-state index contributed by atoms with van der Waals surface area (Å²) in [5.41, 5.74) is 0.628. The summed E-state index contributed by atoms with van der Waals surface area (Å²) in [5, 5.41) is 0. The van der Waals surface area contributed by atoms with Crippen LogP contribution >= 0.6 is 0 Å². The van der Waals surface area contributed by atoms with Gasteiger partial charge in [-0.05, 0) is 19.4 Å². The molecule has 0 aliphatic rings. The second kappa shape index (κ2) is 7.12. The molecule has 6 nitrogen and oxygen atoms in total. The van der Waals surface area contributed by atoms with Gasteiger partial charge in [0, 0.05) is 25.7 Å². The lowest BCUT2D eigenvalue weighted by Crippen LogP contribution is -2.31. The Bertz CT molecular complexity index is 782. The number of benzene rings is 1. The van der Waals surface area contributed by atoms with Crippen LogP contribution in [0.3, 0.4) is 0 Å². The number of rotatable bonds is 4. The number of likely N-dealkylation sites (N-methyl/N-ethyl adjacent to an activating group) is 1. The average molecular weight is 329 g/mol. The molecule has 24 heavy (non-hydrogen) atoms. The van der Waals surface area contributed by atoms with Gasteiger partial charge in [-0.15, -0.1) is 0 Å². The maximum atomic E-state index is 12.6. The summed E-state index contributed by atoms with van der Waals surface area (Å²) in [6.07, 6.45) is -1.07. The molecule has 1 atom stereocenters. The Labute approximate surface area is 139 Å². The molecule has 0 radical (unpaired) electrons. The summed E-state index contributed by atoms with van der Waals surface area (Å²) in [6.45, 7) is 3.13. The van der Waals surface area contributed by atoms with Gasteiger partial charge < -0.3 is 14.1 Å². The number of amides is 1. The largest absolute Gasteiger partial charge is 0.444 e. The molecule has 2 rings (SSSR count). The predicted molar refractivity (Wildman–Crippen MR) is 87.7 cm³/mol. The van der Waals surface area contributed by atoms with Crippen molar-refractivity contribution in [2.75, 3.05) is 14.1 Å². The molecule has 0 N–H and O–H groups in total. The fourth-order valence-corrected chi connectivity index (χ4v) is 2.35. The van der Waals surface area contributed by atoms with Crippen molar-refractivity contribution in [1.82, 2.24) is 4.90 Å². The Kier molecular flexibility index (Phi) is 5.18. The predicted octanol–water partition coefficient (Wildman–Crippen LogP) is 2.24. The van der Waals surface area contributed by atoms with Crippen LogP contribution in [0.15, 0.2) is 45.6 Å². The maximum Gasteiger partial charge on any atom is 0.342 e. The third-order valence-electron chi connectivity index (χ3n) is 3.53. The number of hydrogen-bond donors (Lipinski definition) is 0. The first kappa shape index (κ1) is 17.5. The molecule has 0 spiro atoms. The van der Waals surface area contributed by atoms with Crippen molar-refractivity contribution in [2.24, 2.45) is 0 Å². The average Bonchev–Trinajstić information content (AvgIpc) is 2.51. The topological polar surface area (TPSA) is 76.8 Å². The van der Waals surface area contributed by atoms with E-state index < -0.39 is 17.7 Å². The molecule has 126 valence electrons. The van der Waals surface area contributed by atoms with Gasteiger partial charge >= 0.3 is 11.6 Å². The van der Waals surface area contributed by atoms with Crippen LogP contribution in [0.25, 0.3) is 0 Å². The van der Waals surface area contributed by atoms with Gasteiger partial charge in [0.25, 0.3) is 5.91 Å². The van der Waals surface area contributed by atoms with Crippen LogP contribution in [0, 0.1) is 13.8 Å². The minimum absolute atomic E-state index is 0.155. The lowest BCUT2D eigenvalue weighted by molar-refractivity contribution is -0.138. The van der Waals surface area contributed by atoms with E-state index in [9.17, 15) is 14.4 Å². The molecule has 1 aromatic heterocycles. The first-order chi connectivity index (χ1) is 11.3. The summed E-state index contributed by atoms with van der Waals surface area (Å²) < 4.78 is 10.4. The van der Waals surface area contributed by atoms with Crippen LogP contribution in [0.2, 0.25) is 0 Å². The third kappa shape index (κ3) is 3.71. The number of nitrogens with zero attached hydrogens (tertiary/aromatic N) is 1. The van der Waals surface area contributed by atoms with Crippen molar-refractivity contribution < 1.29 is 18.7 Å². The highest BCUT2D eigenvalue weighted by Crippen LogP contribution is 2.23. The van der Waals surface area contributed by atoms with Gasteiger partial charge in [0.15, 0.2) is 0 Å². The molecule has 0 aliphatic carbocycles. The molecule has 6 heteroatoms. The molecule has 2 aromatic rings. The first-order valence-corrected chi connectivity index (χ1v) is 7.39. The van der Waals surface area contributed by atoms with Crippen LogP contribution in [0.1, 0.15) is 33.3 Å². The normalized spacial score (nSPS) is 11.7. The van der Waals surface area contributed by atoms with Gasteiger partial charge in [0.2, 0.25) is 6.10 Å². The van der Waals surface area contributed by atoms with Crippen LogP contribution in [0.4, 0.5) is 0 Å². The van der Waals surface area contributed by atoms with Crippen LogP contribution < -0.4 is 5.63 Å². The lowest BCUT2D eigenvalue weighted by Gasteiger charge is -2.21. The summed E-state index contributed by atoms with van der Waals surface area (Å²) in [5.74, 6) is -0.908. The minimum Gasteiger partial charge on any atom is -0.444 e. The van der Waals surface area contributed by atoms with Crippen molar-refractivity contribution >= 4 is 11.9 Å². The fourth-order valence-electron chi connectivity index (χ4n) is 2.35. The monoisotopic (exact) mass is 329 g/mol. The van der Waals surface area contributed by atoms with Gasteiger partial charge in [0.1, 0.15) is 11.3 Å². The number of carbonyl (C=O) groups excluding carboxylic acids is 2. The van der Waals surface area contributed by atoms with Gasteiger partial charge in [0.05, 0.1) is 0 Å². The zero-order chi connectivity index (χ0) is 17.9. The number of ether oxygens (including phenoxy) is 1. The van der Waals surface area contributed by atoms with E-state index in [2.05, 4.69) is 0 Å². The second-order valence-electron chi connectivity index (χ2n) is 5.61. The molecular weight excluding hydrogens is 310 g/mol. The highest BCUT2D eigenvalue weighted by Gasteiger charge is 2.28. The highest BCUT2D eigenvalue weighted by molar-refractivity contribution is 5.94. The quantitative estimate of drug-likeness (QED) is 0.804. The van der Waals surface area contributed by atoms with E-state index in [1.165, 1.54) is 17.9 Å². The number of carbonyl (C=O) groups is 2. The zero-order valence-electron chi connectivity index (χ0n) is 14.0. The van der Waals surface area contributed by atoms with E-state index in [0.717, 1.165) is 0 Å². The Balaban J connectivity index is 2.39. The van der Waals surface area contributed by atoms with E-state index in [0.29, 0.717) is 11.1 Å². The van der Waals surface area contributed by atoms with E-state index in [1.807, 2.05) is 6.07 Å². The van der Waals surface area contributed by atoms with Gasteiger partial charge in [-0.1, -0.05) is 30.3 Å². The van der Waals surface area contributed by atoms with E-state index in [1.54, 1.807) is 45.3 Å². The van der Waals surface area contributed by atoms with Crippen molar-refractivity contribution in [1.29, 1.82) is 0 Å². The van der Waals surface area contributed by atoms with Crippen molar-refractivity contribution in [3.05, 3.63) is 69.3 Å². The summed E-state index contributed by atoms with van der Waals surface area (Å²) in [4.78, 5) is 37.7. The Morgan fingerprint density at radius 1 is 1.12 bits per heavy atom. The van der Waals surface area contributed by atoms with Gasteiger partial charge in [-0.25, -0.2) is 9.59 Å². The van der Waals surface area contributed by atoms with Crippen LogP contribution in [0.5, 0.6) is 0 Å². The second-order valence-corrected chi connectivity index (χ2v) is 5.61. The summed E-state index contributed by atoms with van der Waals surface area (Å²) >= 11 is 0. The van der Waals surface area contributed by atoms with Gasteiger partial charge in [-0.2, -0.15) is 0 Å². The molecule has 1 heterocycles. The Morgan fingerprint density at radius 2 is 1.75 bits per heavy atom. The molecule has 0 saturated carbocycles. The molecular formula is C18H19NO5. The van der Waals surface area contributed by atoms with Crippen molar-refractivity contribution in [3.8, 4) is 0 Å².